The van der Waals surface area contributed by atoms with Crippen molar-refractivity contribution in [1.82, 2.24) is 0 Å². The van der Waals surface area contributed by atoms with Crippen molar-refractivity contribution in [3.8, 4) is 5.75 Å². The quantitative estimate of drug-likeness (QED) is 0.636. The number of benzene rings is 2. The van der Waals surface area contributed by atoms with Crippen LogP contribution in [-0.2, 0) is 0 Å². The number of aromatic hydroxyl groups is 1. The molecule has 0 aliphatic rings. The highest BCUT2D eigenvalue weighted by Crippen LogP contribution is 2.21. The number of fused-ring (bicyclic) bond motifs is 1. The van der Waals surface area contributed by atoms with E-state index in [1.165, 1.54) is 6.21 Å². The van der Waals surface area contributed by atoms with Gasteiger partial charge in [-0.25, -0.2) is 0 Å². The molecule has 2 aromatic rings. The minimum absolute atomic E-state index is 0.259. The van der Waals surface area contributed by atoms with Crippen LogP contribution in [0.1, 0.15) is 5.56 Å². The molecule has 0 aliphatic heterocycles. The minimum Gasteiger partial charge on any atom is -0.508 e. The Labute approximate surface area is 76.0 Å². The van der Waals surface area contributed by atoms with Gasteiger partial charge in [0.15, 0.2) is 0 Å². The Bertz CT molecular complexity index is 463. The van der Waals surface area contributed by atoms with E-state index in [1.54, 1.807) is 12.1 Å². The summed E-state index contributed by atoms with van der Waals surface area (Å²) in [6.45, 7) is 0. The molecule has 2 heteroatoms. The van der Waals surface area contributed by atoms with Crippen molar-refractivity contribution in [1.29, 1.82) is 5.41 Å². The highest BCUT2D eigenvalue weighted by atomic mass is 16.3. The van der Waals surface area contributed by atoms with Gasteiger partial charge in [0, 0.05) is 6.21 Å². The third-order valence-corrected chi connectivity index (χ3v) is 2.05. The average Bonchev–Trinajstić information content (AvgIpc) is 2.16. The van der Waals surface area contributed by atoms with Crippen LogP contribution in [0, 0.1) is 5.41 Å². The fourth-order valence-electron chi connectivity index (χ4n) is 1.42. The molecule has 0 saturated heterocycles. The Kier molecular flexibility index (Phi) is 1.74. The average molecular weight is 171 g/mol. The van der Waals surface area contributed by atoms with E-state index in [0.29, 0.717) is 0 Å². The van der Waals surface area contributed by atoms with Crippen molar-refractivity contribution in [3.63, 3.8) is 0 Å². The summed E-state index contributed by atoms with van der Waals surface area (Å²) >= 11 is 0. The van der Waals surface area contributed by atoms with Gasteiger partial charge in [-0.15, -0.1) is 0 Å². The molecule has 13 heavy (non-hydrogen) atoms. The molecule has 0 unspecified atom stereocenters. The van der Waals surface area contributed by atoms with E-state index in [4.69, 9.17) is 5.41 Å². The van der Waals surface area contributed by atoms with Gasteiger partial charge < -0.3 is 10.5 Å². The predicted octanol–water partition coefficient (Wildman–Crippen LogP) is 2.54. The molecular formula is C11H9NO. The molecule has 0 aliphatic carbocycles. The molecule has 2 N–H and O–H groups in total. The lowest BCUT2D eigenvalue weighted by atomic mass is 10.1. The molecule has 0 aromatic heterocycles. The molecule has 2 rings (SSSR count). The lowest BCUT2D eigenvalue weighted by molar-refractivity contribution is 0.476. The molecule has 0 saturated carbocycles. The first-order chi connectivity index (χ1) is 6.31. The van der Waals surface area contributed by atoms with Gasteiger partial charge in [0.25, 0.3) is 0 Å². The van der Waals surface area contributed by atoms with Crippen molar-refractivity contribution in [2.45, 2.75) is 0 Å². The predicted molar refractivity (Wildman–Crippen MR) is 53.5 cm³/mol. The standard InChI is InChI=1S/C11H9NO/c12-7-9-3-1-2-8-6-10(13)4-5-11(8)9/h1-7,12-13H. The molecule has 0 bridgehead atoms. The SMILES string of the molecule is N=Cc1cccc2cc(O)ccc12. The monoisotopic (exact) mass is 171 g/mol. The molecule has 0 heterocycles. The fraction of sp³-hybridized carbons (Fsp3) is 0. The van der Waals surface area contributed by atoms with Crippen LogP contribution in [0.15, 0.2) is 36.4 Å². The van der Waals surface area contributed by atoms with E-state index < -0.39 is 0 Å². The van der Waals surface area contributed by atoms with Crippen molar-refractivity contribution >= 4 is 17.0 Å². The summed E-state index contributed by atoms with van der Waals surface area (Å²) in [6, 6.07) is 10.8. The zero-order chi connectivity index (χ0) is 9.26. The van der Waals surface area contributed by atoms with Crippen LogP contribution in [-0.4, -0.2) is 11.3 Å². The second-order valence-corrected chi connectivity index (χ2v) is 2.90. The van der Waals surface area contributed by atoms with Crippen LogP contribution in [0.3, 0.4) is 0 Å². The van der Waals surface area contributed by atoms with E-state index >= 15 is 0 Å². The first-order valence-electron chi connectivity index (χ1n) is 4.03. The number of hydrogen-bond donors (Lipinski definition) is 2. The number of hydrogen-bond acceptors (Lipinski definition) is 2. The lowest BCUT2D eigenvalue weighted by Gasteiger charge is -2.01. The highest BCUT2D eigenvalue weighted by Gasteiger charge is 1.98. The van der Waals surface area contributed by atoms with Crippen LogP contribution in [0.25, 0.3) is 10.8 Å². The molecule has 0 amide bonds. The molecule has 0 fully saturated rings. The van der Waals surface area contributed by atoms with Gasteiger partial charge in [-0.3, -0.25) is 0 Å². The molecule has 2 nitrogen and oxygen atoms in total. The summed E-state index contributed by atoms with van der Waals surface area (Å²) in [4.78, 5) is 0. The third kappa shape index (κ3) is 1.26. The Balaban J connectivity index is 2.84. The summed E-state index contributed by atoms with van der Waals surface area (Å²) in [5.74, 6) is 0.259. The van der Waals surface area contributed by atoms with Gasteiger partial charge in [-0.05, 0) is 28.5 Å². The van der Waals surface area contributed by atoms with Gasteiger partial charge in [0.2, 0.25) is 0 Å². The second kappa shape index (κ2) is 2.90. The minimum atomic E-state index is 0.259. The topological polar surface area (TPSA) is 44.1 Å². The summed E-state index contributed by atoms with van der Waals surface area (Å²) in [5.41, 5.74) is 0.873. The Hall–Kier alpha value is -1.83. The normalized spacial score (nSPS) is 10.2. The highest BCUT2D eigenvalue weighted by molar-refractivity contribution is 5.99. The Morgan fingerprint density at radius 3 is 2.77 bits per heavy atom. The second-order valence-electron chi connectivity index (χ2n) is 2.90. The van der Waals surface area contributed by atoms with Crippen LogP contribution >= 0.6 is 0 Å². The largest absolute Gasteiger partial charge is 0.508 e. The van der Waals surface area contributed by atoms with Crippen molar-refractivity contribution in [2.75, 3.05) is 0 Å². The van der Waals surface area contributed by atoms with Gasteiger partial charge in [0.1, 0.15) is 5.75 Å². The van der Waals surface area contributed by atoms with Crippen LogP contribution < -0.4 is 0 Å². The summed E-state index contributed by atoms with van der Waals surface area (Å²) in [6.07, 6.45) is 1.32. The zero-order valence-corrected chi connectivity index (χ0v) is 6.99. The van der Waals surface area contributed by atoms with Gasteiger partial charge >= 0.3 is 0 Å². The molecule has 64 valence electrons. The van der Waals surface area contributed by atoms with Crippen molar-refractivity contribution < 1.29 is 5.11 Å². The summed E-state index contributed by atoms with van der Waals surface area (Å²) < 4.78 is 0. The van der Waals surface area contributed by atoms with Crippen LogP contribution in [0.2, 0.25) is 0 Å². The van der Waals surface area contributed by atoms with E-state index in [9.17, 15) is 5.11 Å². The lowest BCUT2D eigenvalue weighted by Crippen LogP contribution is -1.81. The van der Waals surface area contributed by atoms with E-state index in [2.05, 4.69) is 0 Å². The smallest absolute Gasteiger partial charge is 0.116 e. The van der Waals surface area contributed by atoms with E-state index in [-0.39, 0.29) is 5.75 Å². The summed E-state index contributed by atoms with van der Waals surface area (Å²) in [7, 11) is 0. The molecule has 0 radical (unpaired) electrons. The van der Waals surface area contributed by atoms with E-state index in [1.807, 2.05) is 24.3 Å². The third-order valence-electron chi connectivity index (χ3n) is 2.05. The van der Waals surface area contributed by atoms with Gasteiger partial charge in [-0.2, -0.15) is 0 Å². The first kappa shape index (κ1) is 7.80. The maximum Gasteiger partial charge on any atom is 0.116 e. The molecule has 0 spiro atoms. The van der Waals surface area contributed by atoms with Gasteiger partial charge in [-0.1, -0.05) is 24.3 Å². The number of rotatable bonds is 1. The molecular weight excluding hydrogens is 162 g/mol. The number of nitrogens with one attached hydrogen (secondary N) is 1. The molecule has 2 aromatic carbocycles. The van der Waals surface area contributed by atoms with E-state index in [0.717, 1.165) is 16.3 Å². The number of phenols is 1. The fourth-order valence-corrected chi connectivity index (χ4v) is 1.42. The first-order valence-corrected chi connectivity index (χ1v) is 4.03. The Morgan fingerprint density at radius 1 is 1.15 bits per heavy atom. The maximum absolute atomic E-state index is 9.24. The van der Waals surface area contributed by atoms with Crippen LogP contribution in [0.5, 0.6) is 5.75 Å². The summed E-state index contributed by atoms with van der Waals surface area (Å²) in [5, 5.41) is 18.4. The van der Waals surface area contributed by atoms with Crippen LogP contribution in [0.4, 0.5) is 0 Å². The van der Waals surface area contributed by atoms with Gasteiger partial charge in [0.05, 0.1) is 0 Å². The maximum atomic E-state index is 9.24. The number of phenolic OH excluding ortho intramolecular Hbond substituents is 1. The molecule has 0 atom stereocenters. The van der Waals surface area contributed by atoms with Crippen molar-refractivity contribution in [3.05, 3.63) is 42.0 Å². The Morgan fingerprint density at radius 2 is 2.00 bits per heavy atom. The van der Waals surface area contributed by atoms with Crippen molar-refractivity contribution in [2.24, 2.45) is 0 Å². The zero-order valence-electron chi connectivity index (χ0n) is 6.99.